The van der Waals surface area contributed by atoms with Gasteiger partial charge < -0.3 is 59.1 Å². The normalized spacial score (nSPS) is 12.2. The first-order valence-electron chi connectivity index (χ1n) is 45.6. The van der Waals surface area contributed by atoms with Crippen molar-refractivity contribution in [2.24, 2.45) is 0 Å². The minimum atomic E-state index is -1.04. The number of carboxylic acid groups (broad SMARTS) is 4. The van der Waals surface area contributed by atoms with E-state index in [-0.39, 0.29) is 35.5 Å². The fourth-order valence-electron chi connectivity index (χ4n) is 17.8. The van der Waals surface area contributed by atoms with Gasteiger partial charge in [-0.1, -0.05) is 218 Å². The quantitative estimate of drug-likeness (QED) is 0.0265. The van der Waals surface area contributed by atoms with Crippen LogP contribution in [0.1, 0.15) is 145 Å². The summed E-state index contributed by atoms with van der Waals surface area (Å²) in [6.07, 6.45) is -0.851. The van der Waals surface area contributed by atoms with Gasteiger partial charge >= 0.3 is 23.9 Å². The van der Waals surface area contributed by atoms with Crippen molar-refractivity contribution >= 4 is 153 Å². The van der Waals surface area contributed by atoms with Crippen LogP contribution >= 0.6 is 45.3 Å². The number of pyridine rings is 4. The van der Waals surface area contributed by atoms with Gasteiger partial charge in [0.25, 0.3) is 0 Å². The molecule has 20 rings (SSSR count). The molecule has 20 aromatic rings. The predicted molar refractivity (Wildman–Crippen MR) is 562 cm³/mol. The van der Waals surface area contributed by atoms with Crippen molar-refractivity contribution in [3.63, 3.8) is 0 Å². The maximum atomic E-state index is 12.5. The molecular formula is C116H100N4O16S4. The molecule has 6 N–H and O–H groups in total. The van der Waals surface area contributed by atoms with Crippen LogP contribution in [-0.2, 0) is 9.47 Å². The average Bonchev–Trinajstić information content (AvgIpc) is 1.45. The smallest absolute Gasteiger partial charge is 0.336 e. The summed E-state index contributed by atoms with van der Waals surface area (Å²) >= 11 is 6.49. The summed E-state index contributed by atoms with van der Waals surface area (Å²) in [7, 11) is 3.24. The van der Waals surface area contributed by atoms with Gasteiger partial charge in [-0.3, -0.25) is 0 Å². The SMILES string of the molecule is COC[C@@H](Oc1ccc(C)c2nc(-c3sc4ccccc4c3C)cc(C(=O)O)c12)c1ccccc1.COC[C@H](Oc1ccc(C)c2nc(-c3sc4ccccc4c3C)cc(C(=O)O)c12)c1ccccc1.Cc1c(-c2cc(C(=O)O)c3c(O[C@@H](CCO)c4ccccc4)ccc(C)c3n2)sc2ccccc12.Cc1c(-c2cc(C(=O)O)c3c(O[C@H](CCO)c4ccccc4)ccc(C)c3n2)sc2ccccc12. The van der Waals surface area contributed by atoms with Gasteiger partial charge in [-0.25, -0.2) is 39.1 Å². The molecule has 0 bridgehead atoms. The van der Waals surface area contributed by atoms with E-state index in [1.165, 1.54) is 0 Å². The number of aromatic carboxylic acids is 4. The minimum Gasteiger partial charge on any atom is -0.485 e. The summed E-state index contributed by atoms with van der Waals surface area (Å²) < 4.78 is 40.9. The summed E-state index contributed by atoms with van der Waals surface area (Å²) in [4.78, 5) is 73.7. The lowest BCUT2D eigenvalue weighted by atomic mass is 10.0. The van der Waals surface area contributed by atoms with Crippen LogP contribution in [0.15, 0.2) is 291 Å². The van der Waals surface area contributed by atoms with Crippen molar-refractivity contribution < 1.29 is 78.2 Å². The molecule has 0 radical (unpaired) electrons. The number of aryl methyl sites for hydroxylation is 8. The first-order valence-corrected chi connectivity index (χ1v) is 48.9. The number of carboxylic acids is 4. The van der Waals surface area contributed by atoms with Crippen LogP contribution in [0, 0.1) is 55.4 Å². The van der Waals surface area contributed by atoms with Crippen LogP contribution in [0.3, 0.4) is 0 Å². The van der Waals surface area contributed by atoms with Crippen LogP contribution < -0.4 is 18.9 Å². The van der Waals surface area contributed by atoms with Crippen LogP contribution in [0.25, 0.3) is 126 Å². The van der Waals surface area contributed by atoms with Crippen LogP contribution in [0.5, 0.6) is 23.0 Å². The predicted octanol–water partition coefficient (Wildman–Crippen LogP) is 28.3. The van der Waals surface area contributed by atoms with E-state index < -0.39 is 48.3 Å². The zero-order valence-electron chi connectivity index (χ0n) is 78.5. The van der Waals surface area contributed by atoms with E-state index in [1.807, 2.05) is 248 Å². The second-order valence-electron chi connectivity index (χ2n) is 34.1. The highest BCUT2D eigenvalue weighted by atomic mass is 32.1. The molecular weight excluding hydrogens is 1830 g/mol. The summed E-state index contributed by atoms with van der Waals surface area (Å²) in [6, 6.07) is 93.0. The highest BCUT2D eigenvalue weighted by Crippen LogP contribution is 2.48. The molecule has 0 saturated carbocycles. The van der Waals surface area contributed by atoms with Gasteiger partial charge in [0.2, 0.25) is 0 Å². The Hall–Kier alpha value is -15.0. The molecule has 0 aliphatic carbocycles. The summed E-state index contributed by atoms with van der Waals surface area (Å²) in [5.41, 5.74) is 17.3. The van der Waals surface area contributed by atoms with E-state index in [9.17, 15) is 49.8 Å². The Balaban J connectivity index is 0.000000129. The zero-order chi connectivity index (χ0) is 98.1. The number of methoxy groups -OCH3 is 2. The molecule has 0 aliphatic heterocycles. The molecule has 24 heteroatoms. The lowest BCUT2D eigenvalue weighted by Gasteiger charge is -2.21. The van der Waals surface area contributed by atoms with E-state index in [4.69, 9.17) is 48.4 Å². The van der Waals surface area contributed by atoms with Crippen molar-refractivity contribution in [3.05, 3.63) is 380 Å². The number of carbonyl (C=O) groups is 4. The molecule has 0 spiro atoms. The number of fused-ring (bicyclic) bond motifs is 8. The summed E-state index contributed by atoms with van der Waals surface area (Å²) in [6.45, 7) is 16.5. The Morgan fingerprint density at radius 2 is 0.486 bits per heavy atom. The Morgan fingerprint density at radius 3 is 0.693 bits per heavy atom. The van der Waals surface area contributed by atoms with Crippen molar-refractivity contribution in [1.29, 1.82) is 0 Å². The van der Waals surface area contributed by atoms with Gasteiger partial charge in [-0.2, -0.15) is 0 Å². The number of thiophene rings is 4. The van der Waals surface area contributed by atoms with Gasteiger partial charge in [0, 0.05) is 59.1 Å². The lowest BCUT2D eigenvalue weighted by molar-refractivity contribution is 0.0686. The van der Waals surface area contributed by atoms with E-state index in [0.717, 1.165) is 127 Å². The summed E-state index contributed by atoms with van der Waals surface area (Å²) in [5.74, 6) is -2.28. The molecule has 12 aromatic carbocycles. The van der Waals surface area contributed by atoms with Crippen molar-refractivity contribution in [3.8, 4) is 65.3 Å². The fraction of sp³-hybridized carbons (Fsp3) is 0.172. The van der Waals surface area contributed by atoms with Gasteiger partial charge in [0.05, 0.1) is 121 Å². The van der Waals surface area contributed by atoms with Crippen molar-refractivity contribution in [2.45, 2.75) is 92.6 Å². The van der Waals surface area contributed by atoms with E-state index in [1.54, 1.807) is 96.0 Å². The van der Waals surface area contributed by atoms with E-state index in [0.29, 0.717) is 115 Å². The van der Waals surface area contributed by atoms with E-state index in [2.05, 4.69) is 62.4 Å². The molecule has 0 aliphatic rings. The fourth-order valence-corrected chi connectivity index (χ4v) is 22.5. The number of hydrogen-bond acceptors (Lipinski definition) is 20. The van der Waals surface area contributed by atoms with Crippen LogP contribution in [0.4, 0.5) is 0 Å². The number of aliphatic hydroxyl groups is 2. The summed E-state index contributed by atoms with van der Waals surface area (Å²) in [5, 5.41) is 66.7. The van der Waals surface area contributed by atoms with Crippen LogP contribution in [0.2, 0.25) is 0 Å². The first-order chi connectivity index (χ1) is 67.9. The largest absolute Gasteiger partial charge is 0.485 e. The van der Waals surface area contributed by atoms with Gasteiger partial charge in [0.15, 0.2) is 0 Å². The lowest BCUT2D eigenvalue weighted by Crippen LogP contribution is -2.14. The first kappa shape index (κ1) is 96.7. The monoisotopic (exact) mass is 1930 g/mol. The number of ether oxygens (including phenoxy) is 6. The van der Waals surface area contributed by atoms with Gasteiger partial charge in [0.1, 0.15) is 47.4 Å². The maximum absolute atomic E-state index is 12.5. The van der Waals surface area contributed by atoms with Crippen LogP contribution in [-0.4, -0.2) is 115 Å². The maximum Gasteiger partial charge on any atom is 0.336 e. The second-order valence-corrected chi connectivity index (χ2v) is 38.3. The second kappa shape index (κ2) is 43.0. The molecule has 0 saturated heterocycles. The Bertz CT molecular complexity index is 7100. The van der Waals surface area contributed by atoms with E-state index >= 15 is 0 Å². The molecule has 20 nitrogen and oxygen atoms in total. The highest BCUT2D eigenvalue weighted by molar-refractivity contribution is 7.23. The third kappa shape index (κ3) is 20.2. The molecule has 140 heavy (non-hydrogen) atoms. The number of aromatic nitrogens is 4. The number of benzene rings is 12. The topological polar surface area (TPSA) is 297 Å². The molecule has 704 valence electrons. The Kier molecular flexibility index (Phi) is 29.7. The zero-order valence-corrected chi connectivity index (χ0v) is 81.7. The van der Waals surface area contributed by atoms with Gasteiger partial charge in [-0.05, 0) is 216 Å². The molecule has 0 unspecified atom stereocenters. The molecule has 0 amide bonds. The molecule has 0 fully saturated rings. The third-order valence-electron chi connectivity index (χ3n) is 24.9. The molecule has 8 aromatic heterocycles. The molecule has 8 heterocycles. The van der Waals surface area contributed by atoms with Crippen molar-refractivity contribution in [1.82, 2.24) is 19.9 Å². The minimum absolute atomic E-state index is 0.0528. The third-order valence-corrected chi connectivity index (χ3v) is 30.1. The number of rotatable bonds is 28. The molecule has 4 atom stereocenters. The highest BCUT2D eigenvalue weighted by Gasteiger charge is 2.30. The number of nitrogens with zero attached hydrogens (tertiary/aromatic N) is 4. The number of aliphatic hydroxyl groups excluding tert-OH is 2. The Labute approximate surface area is 824 Å². The van der Waals surface area contributed by atoms with Crippen molar-refractivity contribution in [2.75, 3.05) is 40.6 Å². The standard InChI is InChI=1S/4C29H25NO4S/c2*1-17-13-14-23(34-24(16-33-3)19-9-5-4-6-10-19)26-21(29(31)32)15-22(30-27(17)26)28-18(2)20-11-7-8-12-25(20)35-28;2*1-17-12-13-24(34-23(14-15-31)19-8-4-3-5-9-19)26-21(29(32)33)16-22(30-27(17)26)28-18(2)20-10-6-7-11-25(20)35-28/h2*4-15,24H,16H2,1-3H3,(H,31,32);2*3-13,16,23,31H,14-15H2,1-2H3,(H,32,33)/t2*24-;2*23-/m1010/s1. The number of hydrogen-bond donors (Lipinski definition) is 6. The average molecular weight is 1930 g/mol. The Morgan fingerprint density at radius 1 is 0.279 bits per heavy atom. The van der Waals surface area contributed by atoms with Gasteiger partial charge in [-0.15, -0.1) is 45.3 Å².